The third kappa shape index (κ3) is 4.07. The number of benzene rings is 1. The summed E-state index contributed by atoms with van der Waals surface area (Å²) in [6, 6.07) is 7.29. The van der Waals surface area contributed by atoms with Gasteiger partial charge >= 0.3 is 0 Å². The van der Waals surface area contributed by atoms with Gasteiger partial charge in [0.25, 0.3) is 5.91 Å². The minimum Gasteiger partial charge on any atom is -0.393 e. The Morgan fingerprint density at radius 3 is 2.59 bits per heavy atom. The van der Waals surface area contributed by atoms with Crippen molar-refractivity contribution < 1.29 is 9.90 Å². The van der Waals surface area contributed by atoms with Gasteiger partial charge in [-0.05, 0) is 32.4 Å². The second-order valence-electron chi connectivity index (χ2n) is 4.25. The van der Waals surface area contributed by atoms with E-state index in [1.807, 2.05) is 25.1 Å². The highest BCUT2D eigenvalue weighted by molar-refractivity contribution is 5.99. The second kappa shape index (κ2) is 6.25. The molecule has 1 rings (SSSR count). The van der Waals surface area contributed by atoms with Crippen molar-refractivity contribution >= 4 is 11.6 Å². The lowest BCUT2D eigenvalue weighted by atomic mass is 10.1. The van der Waals surface area contributed by atoms with Gasteiger partial charge in [0.15, 0.2) is 0 Å². The average Bonchev–Trinajstić information content (AvgIpc) is 2.27. The number of nitrogens with one attached hydrogen (secondary N) is 2. The van der Waals surface area contributed by atoms with Crippen molar-refractivity contribution in [1.82, 2.24) is 5.32 Å². The first-order chi connectivity index (χ1) is 8.04. The maximum atomic E-state index is 12.0. The van der Waals surface area contributed by atoms with Crippen LogP contribution >= 0.6 is 0 Å². The van der Waals surface area contributed by atoms with Gasteiger partial charge in [-0.15, -0.1) is 0 Å². The number of para-hydroxylation sites is 1. The molecule has 1 aromatic carbocycles. The molecular weight excluding hydrogens is 216 g/mol. The lowest BCUT2D eigenvalue weighted by molar-refractivity contribution is 0.0924. The number of carbonyl (C=O) groups excluding carboxylic acids is 1. The van der Waals surface area contributed by atoms with E-state index >= 15 is 0 Å². The van der Waals surface area contributed by atoms with Gasteiger partial charge in [-0.2, -0.15) is 0 Å². The number of anilines is 1. The number of aliphatic hydroxyl groups excluding tert-OH is 1. The van der Waals surface area contributed by atoms with Crippen molar-refractivity contribution in [3.8, 4) is 0 Å². The standard InChI is InChI=1S/C13H20N2O2/c1-9(8-10(2)16)15-13(17)11-6-4-5-7-12(11)14-3/h4-7,9-10,14,16H,8H2,1-3H3,(H,15,17). The van der Waals surface area contributed by atoms with Crippen LogP contribution in [0.4, 0.5) is 5.69 Å². The Labute approximate surface area is 102 Å². The number of aliphatic hydroxyl groups is 1. The monoisotopic (exact) mass is 236 g/mol. The molecule has 0 heterocycles. The van der Waals surface area contributed by atoms with E-state index in [2.05, 4.69) is 10.6 Å². The summed E-state index contributed by atoms with van der Waals surface area (Å²) in [5, 5.41) is 15.1. The van der Waals surface area contributed by atoms with E-state index in [0.717, 1.165) is 5.69 Å². The van der Waals surface area contributed by atoms with Crippen molar-refractivity contribution in [2.75, 3.05) is 12.4 Å². The number of carbonyl (C=O) groups is 1. The number of rotatable bonds is 5. The third-order valence-electron chi connectivity index (χ3n) is 2.51. The summed E-state index contributed by atoms with van der Waals surface area (Å²) >= 11 is 0. The van der Waals surface area contributed by atoms with E-state index in [1.54, 1.807) is 20.0 Å². The van der Waals surface area contributed by atoms with E-state index in [0.29, 0.717) is 12.0 Å². The maximum absolute atomic E-state index is 12.0. The molecule has 1 amide bonds. The smallest absolute Gasteiger partial charge is 0.253 e. The van der Waals surface area contributed by atoms with E-state index in [-0.39, 0.29) is 11.9 Å². The highest BCUT2D eigenvalue weighted by Crippen LogP contribution is 2.14. The molecule has 94 valence electrons. The molecular formula is C13H20N2O2. The minimum absolute atomic E-state index is 0.0487. The lowest BCUT2D eigenvalue weighted by Gasteiger charge is -2.16. The third-order valence-corrected chi connectivity index (χ3v) is 2.51. The van der Waals surface area contributed by atoms with Crippen molar-refractivity contribution in [3.63, 3.8) is 0 Å². The van der Waals surface area contributed by atoms with Gasteiger partial charge < -0.3 is 15.7 Å². The fraction of sp³-hybridized carbons (Fsp3) is 0.462. The topological polar surface area (TPSA) is 61.4 Å². The van der Waals surface area contributed by atoms with Crippen LogP contribution in [0.2, 0.25) is 0 Å². The number of amides is 1. The summed E-state index contributed by atoms with van der Waals surface area (Å²) in [6.45, 7) is 3.59. The van der Waals surface area contributed by atoms with Crippen LogP contribution in [-0.2, 0) is 0 Å². The Hall–Kier alpha value is -1.55. The predicted octanol–water partition coefficient (Wildman–Crippen LogP) is 1.62. The molecule has 0 saturated carbocycles. The van der Waals surface area contributed by atoms with Gasteiger partial charge in [0, 0.05) is 18.8 Å². The molecule has 4 heteroatoms. The first-order valence-electron chi connectivity index (χ1n) is 5.80. The van der Waals surface area contributed by atoms with Crippen LogP contribution in [0.3, 0.4) is 0 Å². The Morgan fingerprint density at radius 2 is 2.00 bits per heavy atom. The summed E-state index contributed by atoms with van der Waals surface area (Å²) < 4.78 is 0. The Kier molecular flexibility index (Phi) is 4.97. The molecule has 0 aromatic heterocycles. The van der Waals surface area contributed by atoms with Gasteiger partial charge in [0.2, 0.25) is 0 Å². The van der Waals surface area contributed by atoms with Crippen molar-refractivity contribution in [2.24, 2.45) is 0 Å². The van der Waals surface area contributed by atoms with Crippen LogP contribution in [0.25, 0.3) is 0 Å². The largest absolute Gasteiger partial charge is 0.393 e. The summed E-state index contributed by atoms with van der Waals surface area (Å²) in [4.78, 5) is 12.0. The summed E-state index contributed by atoms with van der Waals surface area (Å²) in [6.07, 6.45) is 0.137. The van der Waals surface area contributed by atoms with E-state index in [4.69, 9.17) is 0 Å². The second-order valence-corrected chi connectivity index (χ2v) is 4.25. The highest BCUT2D eigenvalue weighted by atomic mass is 16.3. The van der Waals surface area contributed by atoms with E-state index in [9.17, 15) is 9.90 Å². The quantitative estimate of drug-likeness (QED) is 0.728. The Bertz CT molecular complexity index is 377. The van der Waals surface area contributed by atoms with Gasteiger partial charge in [-0.1, -0.05) is 12.1 Å². The lowest BCUT2D eigenvalue weighted by Crippen LogP contribution is -2.34. The molecule has 17 heavy (non-hydrogen) atoms. The average molecular weight is 236 g/mol. The molecule has 0 spiro atoms. The molecule has 0 radical (unpaired) electrons. The van der Waals surface area contributed by atoms with E-state index in [1.165, 1.54) is 0 Å². The fourth-order valence-electron chi connectivity index (χ4n) is 1.77. The van der Waals surface area contributed by atoms with Crippen LogP contribution in [0, 0.1) is 0 Å². The molecule has 0 aliphatic carbocycles. The highest BCUT2D eigenvalue weighted by Gasteiger charge is 2.13. The molecule has 4 nitrogen and oxygen atoms in total. The molecule has 3 N–H and O–H groups in total. The molecule has 2 unspecified atom stereocenters. The van der Waals surface area contributed by atoms with Crippen molar-refractivity contribution in [3.05, 3.63) is 29.8 Å². The van der Waals surface area contributed by atoms with Crippen LogP contribution < -0.4 is 10.6 Å². The summed E-state index contributed by atoms with van der Waals surface area (Å²) in [7, 11) is 1.78. The minimum atomic E-state index is -0.412. The first kappa shape index (κ1) is 13.5. The zero-order valence-corrected chi connectivity index (χ0v) is 10.5. The predicted molar refractivity (Wildman–Crippen MR) is 69.2 cm³/mol. The normalized spacial score (nSPS) is 13.9. The Balaban J connectivity index is 2.69. The van der Waals surface area contributed by atoms with Crippen LogP contribution in [0.15, 0.2) is 24.3 Å². The van der Waals surface area contributed by atoms with Crippen LogP contribution in [0.1, 0.15) is 30.6 Å². The SMILES string of the molecule is CNc1ccccc1C(=O)NC(C)CC(C)O. The van der Waals surface area contributed by atoms with Crippen LogP contribution in [0.5, 0.6) is 0 Å². The Morgan fingerprint density at radius 1 is 1.35 bits per heavy atom. The number of hydrogen-bond acceptors (Lipinski definition) is 3. The molecule has 1 aromatic rings. The maximum Gasteiger partial charge on any atom is 0.253 e. The fourth-order valence-corrected chi connectivity index (χ4v) is 1.77. The first-order valence-corrected chi connectivity index (χ1v) is 5.80. The van der Waals surface area contributed by atoms with Crippen LogP contribution in [-0.4, -0.2) is 30.2 Å². The summed E-state index contributed by atoms with van der Waals surface area (Å²) in [5.41, 5.74) is 1.42. The molecule has 2 atom stereocenters. The molecule has 0 aliphatic heterocycles. The zero-order chi connectivity index (χ0) is 12.8. The van der Waals surface area contributed by atoms with Gasteiger partial charge in [-0.3, -0.25) is 4.79 Å². The summed E-state index contributed by atoms with van der Waals surface area (Å²) in [5.74, 6) is -0.122. The van der Waals surface area contributed by atoms with Gasteiger partial charge in [-0.25, -0.2) is 0 Å². The molecule has 0 saturated heterocycles. The van der Waals surface area contributed by atoms with Gasteiger partial charge in [0.05, 0.1) is 11.7 Å². The van der Waals surface area contributed by atoms with Crippen molar-refractivity contribution in [1.29, 1.82) is 0 Å². The molecule has 0 bridgehead atoms. The number of hydrogen-bond donors (Lipinski definition) is 3. The van der Waals surface area contributed by atoms with E-state index < -0.39 is 6.10 Å². The van der Waals surface area contributed by atoms with Crippen molar-refractivity contribution in [2.45, 2.75) is 32.4 Å². The zero-order valence-electron chi connectivity index (χ0n) is 10.5. The van der Waals surface area contributed by atoms with Gasteiger partial charge in [0.1, 0.15) is 0 Å². The molecule has 0 fully saturated rings. The molecule has 0 aliphatic rings.